The molecule has 3 rings (SSSR count). The smallest absolute Gasteiger partial charge is 0.266 e. The summed E-state index contributed by atoms with van der Waals surface area (Å²) in [5.74, 6) is -0.161. The zero-order chi connectivity index (χ0) is 18.9. The molecule has 0 aromatic heterocycles. The molecular formula is C18H20N4O3S. The highest BCUT2D eigenvalue weighted by atomic mass is 32.2. The van der Waals surface area contributed by atoms with E-state index in [-0.39, 0.29) is 29.3 Å². The van der Waals surface area contributed by atoms with E-state index in [1.54, 1.807) is 19.2 Å². The molecule has 1 aliphatic rings. The zero-order valence-corrected chi connectivity index (χ0v) is 15.3. The van der Waals surface area contributed by atoms with Gasteiger partial charge in [0.05, 0.1) is 17.5 Å². The van der Waals surface area contributed by atoms with E-state index in [9.17, 15) is 13.2 Å². The van der Waals surface area contributed by atoms with Crippen molar-refractivity contribution in [3.8, 4) is 0 Å². The Hall–Kier alpha value is -2.87. The number of anilines is 1. The molecule has 0 spiro atoms. The number of carbonyl (C=O) groups excluding carboxylic acids is 1. The van der Waals surface area contributed by atoms with E-state index < -0.39 is 10.0 Å². The van der Waals surface area contributed by atoms with Gasteiger partial charge in [-0.1, -0.05) is 30.3 Å². The summed E-state index contributed by atoms with van der Waals surface area (Å²) in [6, 6.07) is 15.2. The number of guanidine groups is 1. The third kappa shape index (κ3) is 3.28. The quantitative estimate of drug-likeness (QED) is 0.884. The Morgan fingerprint density at radius 3 is 2.35 bits per heavy atom. The number of nitrogens with zero attached hydrogens (tertiary/aromatic N) is 3. The van der Waals surface area contributed by atoms with Crippen molar-refractivity contribution in [2.45, 2.75) is 17.9 Å². The number of nitrogens with two attached hydrogens (primary N) is 1. The molecule has 7 nitrogen and oxygen atoms in total. The molecular weight excluding hydrogens is 352 g/mol. The average molecular weight is 372 g/mol. The van der Waals surface area contributed by atoms with Crippen molar-refractivity contribution in [3.63, 3.8) is 0 Å². The molecule has 0 saturated carbocycles. The van der Waals surface area contributed by atoms with Gasteiger partial charge in [0.1, 0.15) is 0 Å². The number of rotatable bonds is 4. The van der Waals surface area contributed by atoms with Crippen molar-refractivity contribution < 1.29 is 13.2 Å². The van der Waals surface area contributed by atoms with Crippen molar-refractivity contribution in [2.24, 2.45) is 10.7 Å². The fourth-order valence-corrected chi connectivity index (χ4v) is 4.11. The van der Waals surface area contributed by atoms with Crippen LogP contribution in [0, 0.1) is 0 Å². The molecule has 136 valence electrons. The van der Waals surface area contributed by atoms with E-state index in [1.165, 1.54) is 24.0 Å². The molecule has 0 aliphatic carbocycles. The first-order valence-corrected chi connectivity index (χ1v) is 9.50. The first kappa shape index (κ1) is 17.9. The van der Waals surface area contributed by atoms with Gasteiger partial charge in [0, 0.05) is 19.7 Å². The van der Waals surface area contributed by atoms with E-state index >= 15 is 0 Å². The van der Waals surface area contributed by atoms with Gasteiger partial charge in [-0.3, -0.25) is 4.79 Å². The molecule has 0 bridgehead atoms. The van der Waals surface area contributed by atoms with Gasteiger partial charge in [-0.2, -0.15) is 0 Å². The number of carbonyl (C=O) groups is 1. The molecule has 0 saturated heterocycles. The number of aliphatic imine (C=N–C) groups is 1. The normalized spacial score (nSPS) is 17.1. The Morgan fingerprint density at radius 2 is 1.77 bits per heavy atom. The van der Waals surface area contributed by atoms with Gasteiger partial charge in [0.2, 0.25) is 11.9 Å². The predicted octanol–water partition coefficient (Wildman–Crippen LogP) is 1.73. The summed E-state index contributed by atoms with van der Waals surface area (Å²) in [7, 11) is -2.19. The van der Waals surface area contributed by atoms with E-state index in [1.807, 2.05) is 30.3 Å². The van der Waals surface area contributed by atoms with Crippen molar-refractivity contribution >= 4 is 27.6 Å². The van der Waals surface area contributed by atoms with Crippen LogP contribution in [0.2, 0.25) is 0 Å². The molecule has 1 heterocycles. The topological polar surface area (TPSA) is 96.1 Å². The second kappa shape index (κ2) is 6.80. The van der Waals surface area contributed by atoms with Crippen LogP contribution >= 0.6 is 0 Å². The Kier molecular flexibility index (Phi) is 4.69. The lowest BCUT2D eigenvalue weighted by molar-refractivity contribution is -0.116. The molecule has 1 amide bonds. The highest BCUT2D eigenvalue weighted by molar-refractivity contribution is 7.89. The average Bonchev–Trinajstić information content (AvgIpc) is 3.04. The summed E-state index contributed by atoms with van der Waals surface area (Å²) in [6.07, 6.45) is 0. The maximum absolute atomic E-state index is 12.9. The van der Waals surface area contributed by atoms with E-state index in [0.29, 0.717) is 5.69 Å². The summed E-state index contributed by atoms with van der Waals surface area (Å²) in [4.78, 5) is 17.2. The van der Waals surface area contributed by atoms with Crippen LogP contribution in [0.25, 0.3) is 0 Å². The SMILES string of the molecule is CC(=O)N(C)c1ccc(S(=O)(=O)N2C[C@H](c3ccccc3)N=C2N)cc1. The molecule has 0 fully saturated rings. The second-order valence-corrected chi connectivity index (χ2v) is 7.88. The fraction of sp³-hybridized carbons (Fsp3) is 0.222. The van der Waals surface area contributed by atoms with E-state index in [0.717, 1.165) is 9.87 Å². The van der Waals surface area contributed by atoms with Crippen LogP contribution in [0.15, 0.2) is 64.5 Å². The summed E-state index contributed by atoms with van der Waals surface area (Å²) < 4.78 is 27.0. The standard InChI is InChI=1S/C18H20N4O3S/c1-13(23)21(2)15-8-10-16(11-9-15)26(24,25)22-12-17(20-18(22)19)14-6-4-3-5-7-14/h3-11,17H,12H2,1-2H3,(H2,19,20)/t17-/m1/s1. The first-order chi connectivity index (χ1) is 12.3. The summed E-state index contributed by atoms with van der Waals surface area (Å²) in [5, 5.41) is 0. The number of hydrogen-bond acceptors (Lipinski definition) is 5. The third-order valence-corrected chi connectivity index (χ3v) is 6.14. The van der Waals surface area contributed by atoms with Gasteiger partial charge >= 0.3 is 0 Å². The van der Waals surface area contributed by atoms with Crippen LogP contribution in [0.1, 0.15) is 18.5 Å². The Bertz CT molecular complexity index is 940. The Morgan fingerprint density at radius 1 is 1.15 bits per heavy atom. The second-order valence-electron chi connectivity index (χ2n) is 6.02. The van der Waals surface area contributed by atoms with Crippen LogP contribution in [0.4, 0.5) is 5.69 Å². The Balaban J connectivity index is 1.85. The maximum atomic E-state index is 12.9. The van der Waals surface area contributed by atoms with Gasteiger partial charge in [-0.05, 0) is 29.8 Å². The summed E-state index contributed by atoms with van der Waals surface area (Å²) >= 11 is 0. The first-order valence-electron chi connectivity index (χ1n) is 8.06. The minimum Gasteiger partial charge on any atom is -0.369 e. The van der Waals surface area contributed by atoms with Crippen LogP contribution in [0.5, 0.6) is 0 Å². The molecule has 1 atom stereocenters. The van der Waals surface area contributed by atoms with Crippen LogP contribution in [-0.2, 0) is 14.8 Å². The van der Waals surface area contributed by atoms with Crippen LogP contribution < -0.4 is 10.6 Å². The lowest BCUT2D eigenvalue weighted by Crippen LogP contribution is -2.39. The molecule has 2 N–H and O–H groups in total. The molecule has 0 unspecified atom stereocenters. The number of amides is 1. The molecule has 1 aliphatic heterocycles. The van der Waals surface area contributed by atoms with Crippen molar-refractivity contribution in [1.82, 2.24) is 4.31 Å². The maximum Gasteiger partial charge on any atom is 0.266 e. The molecule has 2 aromatic carbocycles. The highest BCUT2D eigenvalue weighted by Crippen LogP contribution is 2.28. The van der Waals surface area contributed by atoms with E-state index in [4.69, 9.17) is 5.73 Å². The van der Waals surface area contributed by atoms with Gasteiger partial charge in [0.15, 0.2) is 0 Å². The minimum absolute atomic E-state index is 0.0243. The lowest BCUT2D eigenvalue weighted by atomic mass is 10.1. The molecule has 26 heavy (non-hydrogen) atoms. The van der Waals surface area contributed by atoms with Gasteiger partial charge in [0.25, 0.3) is 10.0 Å². The van der Waals surface area contributed by atoms with Crippen molar-refractivity contribution in [2.75, 3.05) is 18.5 Å². The highest BCUT2D eigenvalue weighted by Gasteiger charge is 2.34. The summed E-state index contributed by atoms with van der Waals surface area (Å²) in [5.41, 5.74) is 7.41. The van der Waals surface area contributed by atoms with Crippen molar-refractivity contribution in [1.29, 1.82) is 0 Å². The number of hydrogen-bond donors (Lipinski definition) is 1. The number of sulfonamides is 1. The third-order valence-electron chi connectivity index (χ3n) is 4.35. The molecule has 8 heteroatoms. The monoisotopic (exact) mass is 372 g/mol. The minimum atomic E-state index is -3.82. The van der Waals surface area contributed by atoms with Gasteiger partial charge < -0.3 is 10.6 Å². The molecule has 2 aromatic rings. The van der Waals surface area contributed by atoms with E-state index in [2.05, 4.69) is 4.99 Å². The van der Waals surface area contributed by atoms with Crippen molar-refractivity contribution in [3.05, 3.63) is 60.2 Å². The van der Waals surface area contributed by atoms with Gasteiger partial charge in [-0.25, -0.2) is 17.7 Å². The van der Waals surface area contributed by atoms with Crippen LogP contribution in [0.3, 0.4) is 0 Å². The molecule has 0 radical (unpaired) electrons. The predicted molar refractivity (Wildman–Crippen MR) is 100 cm³/mol. The largest absolute Gasteiger partial charge is 0.369 e. The Labute approximate surface area is 152 Å². The van der Waals surface area contributed by atoms with Gasteiger partial charge in [-0.15, -0.1) is 0 Å². The zero-order valence-electron chi connectivity index (χ0n) is 14.5. The fourth-order valence-electron chi connectivity index (χ4n) is 2.74. The number of benzene rings is 2. The van der Waals surface area contributed by atoms with Crippen LogP contribution in [-0.4, -0.2) is 38.2 Å². The lowest BCUT2D eigenvalue weighted by Gasteiger charge is -2.20. The summed E-state index contributed by atoms with van der Waals surface area (Å²) in [6.45, 7) is 1.60.